The summed E-state index contributed by atoms with van der Waals surface area (Å²) < 4.78 is 8.13. The third kappa shape index (κ3) is 5.11. The Balaban J connectivity index is 0.976. The minimum absolute atomic E-state index is 0.172. The molecule has 6 heteroatoms. The van der Waals surface area contributed by atoms with Gasteiger partial charge in [-0.15, -0.1) is 11.3 Å². The molecule has 7 aromatic carbocycles. The summed E-state index contributed by atoms with van der Waals surface area (Å²) >= 11 is 1.89. The van der Waals surface area contributed by atoms with Gasteiger partial charge in [0.05, 0.1) is 11.6 Å². The molecule has 2 unspecified atom stereocenters. The van der Waals surface area contributed by atoms with Gasteiger partial charge in [0, 0.05) is 54.3 Å². The van der Waals surface area contributed by atoms with Crippen LogP contribution in [0.1, 0.15) is 28.0 Å². The second-order valence-corrected chi connectivity index (χ2v) is 15.8. The third-order valence-electron chi connectivity index (χ3n) is 11.5. The Morgan fingerprint density at radius 2 is 1.18 bits per heavy atom. The van der Waals surface area contributed by atoms with Crippen LogP contribution in [0.3, 0.4) is 0 Å². The smallest absolute Gasteiger partial charge is 0.167 e. The van der Waals surface area contributed by atoms with Gasteiger partial charge in [0.2, 0.25) is 0 Å². The number of furan rings is 1. The van der Waals surface area contributed by atoms with Crippen molar-refractivity contribution in [2.24, 2.45) is 0 Å². The summed E-state index contributed by atoms with van der Waals surface area (Å²) in [7, 11) is 0. The second-order valence-electron chi connectivity index (χ2n) is 14.7. The number of thiophene rings is 1. The first kappa shape index (κ1) is 32.1. The first-order valence-electron chi connectivity index (χ1n) is 19.3. The summed E-state index contributed by atoms with van der Waals surface area (Å²) in [4.78, 5) is 18.8. The van der Waals surface area contributed by atoms with Gasteiger partial charge < -0.3 is 9.32 Å². The molecule has 12 rings (SSSR count). The molecule has 0 fully saturated rings. The number of nitrogens with zero attached hydrogens (tertiary/aromatic N) is 4. The van der Waals surface area contributed by atoms with E-state index < -0.39 is 0 Å². The number of aromatic nitrogens is 3. The van der Waals surface area contributed by atoms with Crippen molar-refractivity contribution in [3.05, 3.63) is 192 Å². The topological polar surface area (TPSA) is 55.1 Å². The molecule has 0 radical (unpaired) electrons. The molecule has 0 saturated carbocycles. The zero-order valence-electron chi connectivity index (χ0n) is 30.6. The van der Waals surface area contributed by atoms with Gasteiger partial charge in [-0.25, -0.2) is 15.0 Å². The van der Waals surface area contributed by atoms with Crippen LogP contribution in [-0.4, -0.2) is 15.0 Å². The van der Waals surface area contributed by atoms with Crippen molar-refractivity contribution in [1.29, 1.82) is 0 Å². The van der Waals surface area contributed by atoms with Crippen molar-refractivity contribution in [2.45, 2.75) is 12.0 Å². The normalized spacial score (nSPS) is 15.6. The van der Waals surface area contributed by atoms with Gasteiger partial charge in [-0.1, -0.05) is 127 Å². The van der Waals surface area contributed by atoms with Crippen molar-refractivity contribution in [3.8, 4) is 45.3 Å². The molecule has 10 aromatic rings. The van der Waals surface area contributed by atoms with Gasteiger partial charge in [0.15, 0.2) is 17.5 Å². The minimum atomic E-state index is 0.172. The summed E-state index contributed by atoms with van der Waals surface area (Å²) in [6, 6.07) is 59.8. The summed E-state index contributed by atoms with van der Waals surface area (Å²) in [6.07, 6.45) is 4.77. The number of fused-ring (bicyclic) bond motifs is 10. The molecule has 0 bridgehead atoms. The third-order valence-corrected chi connectivity index (χ3v) is 12.6. The van der Waals surface area contributed by atoms with E-state index in [1.165, 1.54) is 37.5 Å². The molecule has 3 aromatic heterocycles. The molecule has 0 spiro atoms. The molecule has 2 atom stereocenters. The maximum atomic E-state index is 6.80. The lowest BCUT2D eigenvalue weighted by molar-refractivity contribution is 0.669. The molecule has 268 valence electrons. The van der Waals surface area contributed by atoms with Gasteiger partial charge in [-0.2, -0.15) is 0 Å². The highest BCUT2D eigenvalue weighted by atomic mass is 32.1. The van der Waals surface area contributed by atoms with Crippen LogP contribution in [0.2, 0.25) is 0 Å². The molecule has 0 saturated heterocycles. The highest BCUT2D eigenvalue weighted by molar-refractivity contribution is 7.20. The van der Waals surface area contributed by atoms with E-state index in [0.29, 0.717) is 17.5 Å². The molecule has 1 aliphatic carbocycles. The predicted octanol–water partition coefficient (Wildman–Crippen LogP) is 13.7. The summed E-state index contributed by atoms with van der Waals surface area (Å²) in [5, 5.41) is 3.43. The number of benzene rings is 7. The van der Waals surface area contributed by atoms with Crippen LogP contribution in [0.5, 0.6) is 0 Å². The van der Waals surface area contributed by atoms with Gasteiger partial charge in [0.25, 0.3) is 0 Å². The number of anilines is 2. The molecule has 0 amide bonds. The van der Waals surface area contributed by atoms with E-state index >= 15 is 0 Å². The highest BCUT2D eigenvalue weighted by Crippen LogP contribution is 2.58. The van der Waals surface area contributed by atoms with Crippen molar-refractivity contribution >= 4 is 60.8 Å². The van der Waals surface area contributed by atoms with E-state index in [4.69, 9.17) is 19.4 Å². The van der Waals surface area contributed by atoms with Crippen LogP contribution < -0.4 is 4.90 Å². The van der Waals surface area contributed by atoms with E-state index in [2.05, 4.69) is 120 Å². The fourth-order valence-electron chi connectivity index (χ4n) is 8.89. The van der Waals surface area contributed by atoms with E-state index in [1.807, 2.05) is 78.1 Å². The lowest BCUT2D eigenvalue weighted by atomic mass is 9.84. The Bertz CT molecular complexity index is 3150. The molecular formula is C51H32N4OS. The largest absolute Gasteiger partial charge is 0.455 e. The average molecular weight is 749 g/mol. The molecule has 5 nitrogen and oxygen atoms in total. The first-order valence-corrected chi connectivity index (χ1v) is 20.1. The van der Waals surface area contributed by atoms with Crippen molar-refractivity contribution in [3.63, 3.8) is 0 Å². The van der Waals surface area contributed by atoms with E-state index in [-0.39, 0.29) is 12.0 Å². The van der Waals surface area contributed by atoms with Crippen LogP contribution in [0.15, 0.2) is 180 Å². The lowest BCUT2D eigenvalue weighted by Gasteiger charge is -2.32. The maximum Gasteiger partial charge on any atom is 0.167 e. The Morgan fingerprint density at radius 1 is 0.526 bits per heavy atom. The Morgan fingerprint density at radius 3 is 1.95 bits per heavy atom. The van der Waals surface area contributed by atoms with Gasteiger partial charge in [-0.3, -0.25) is 0 Å². The number of hydrogen-bond acceptors (Lipinski definition) is 6. The van der Waals surface area contributed by atoms with Crippen LogP contribution in [0, 0.1) is 0 Å². The van der Waals surface area contributed by atoms with Crippen LogP contribution in [0.25, 0.3) is 83.4 Å². The highest BCUT2D eigenvalue weighted by Gasteiger charge is 2.43. The second kappa shape index (κ2) is 12.7. The number of rotatable bonds is 5. The summed E-state index contributed by atoms with van der Waals surface area (Å²) in [6.45, 7) is 0. The molecular weight excluding hydrogens is 717 g/mol. The molecule has 57 heavy (non-hydrogen) atoms. The van der Waals surface area contributed by atoms with E-state index in [1.54, 1.807) is 0 Å². The van der Waals surface area contributed by atoms with Crippen molar-refractivity contribution in [2.75, 3.05) is 4.90 Å². The molecule has 1 aliphatic heterocycles. The standard InChI is InChI=1S/C51H32N4OS/c1-4-13-31(14-5-1)49-52-50(32-15-6-2-7-16-32)54-51(53-49)40-21-12-20-38-36-25-23-34(30-43(36)56-48(38)40)33-24-27-42-41(29-33)37-26-28-45-46(39-19-10-11-22-44(39)57-45)47(37)55(42)35-17-8-3-9-18-35/h1-30,37,47H. The van der Waals surface area contributed by atoms with Crippen molar-refractivity contribution in [1.82, 2.24) is 15.0 Å². The zero-order valence-corrected chi connectivity index (χ0v) is 31.4. The van der Waals surface area contributed by atoms with E-state index in [0.717, 1.165) is 49.8 Å². The minimum Gasteiger partial charge on any atom is -0.455 e. The Hall–Kier alpha value is -7.15. The van der Waals surface area contributed by atoms with Gasteiger partial charge >= 0.3 is 0 Å². The van der Waals surface area contributed by atoms with Crippen molar-refractivity contribution < 1.29 is 4.42 Å². The van der Waals surface area contributed by atoms with Crippen LogP contribution in [-0.2, 0) is 0 Å². The quantitative estimate of drug-likeness (QED) is 0.175. The van der Waals surface area contributed by atoms with Crippen LogP contribution >= 0.6 is 11.3 Å². The summed E-state index contributed by atoms with van der Waals surface area (Å²) in [5.74, 6) is 2.03. The monoisotopic (exact) mass is 748 g/mol. The maximum absolute atomic E-state index is 6.80. The first-order chi connectivity index (χ1) is 28.2. The van der Waals surface area contributed by atoms with Gasteiger partial charge in [0.1, 0.15) is 11.2 Å². The number of para-hydroxylation sites is 2. The fraction of sp³-hybridized carbons (Fsp3) is 0.0392. The molecule has 2 aliphatic rings. The molecule has 4 heterocycles. The Labute approximate surface area is 332 Å². The van der Waals surface area contributed by atoms with Gasteiger partial charge in [-0.05, 0) is 76.7 Å². The Kier molecular flexibility index (Phi) is 7.16. The fourth-order valence-corrected chi connectivity index (χ4v) is 10.1. The summed E-state index contributed by atoms with van der Waals surface area (Å²) in [5.41, 5.74) is 11.8. The SMILES string of the molecule is C1=CC2c3cc(-c4ccc5c(c4)oc4c(-c6nc(-c7ccccc7)nc(-c7ccccc7)n6)cccc45)ccc3N(c3ccccc3)C2c2c1sc1ccccc21. The molecule has 0 N–H and O–H groups in total. The average Bonchev–Trinajstić information content (AvgIpc) is 3.96. The lowest BCUT2D eigenvalue weighted by Crippen LogP contribution is -2.23. The zero-order chi connectivity index (χ0) is 37.5. The number of hydrogen-bond donors (Lipinski definition) is 0. The van der Waals surface area contributed by atoms with Crippen LogP contribution in [0.4, 0.5) is 11.4 Å². The van der Waals surface area contributed by atoms with E-state index in [9.17, 15) is 0 Å². The predicted molar refractivity (Wildman–Crippen MR) is 234 cm³/mol.